The fourth-order valence-corrected chi connectivity index (χ4v) is 4.61. The zero-order valence-corrected chi connectivity index (χ0v) is 17.5. The van der Waals surface area contributed by atoms with Crippen molar-refractivity contribution in [2.24, 2.45) is 10.8 Å². The Morgan fingerprint density at radius 3 is 2.68 bits per heavy atom. The molecule has 156 valence electrons. The first-order valence-electron chi connectivity index (χ1n) is 9.70. The minimum absolute atomic E-state index is 0.0796. The molecule has 8 heteroatoms. The average molecular weight is 393 g/mol. The fourth-order valence-electron chi connectivity index (χ4n) is 4.61. The average Bonchev–Trinajstić information content (AvgIpc) is 2.54. The van der Waals surface area contributed by atoms with E-state index in [9.17, 15) is 14.4 Å². The minimum Gasteiger partial charge on any atom is -0.449 e. The van der Waals surface area contributed by atoms with Crippen LogP contribution in [-0.4, -0.2) is 41.7 Å². The summed E-state index contributed by atoms with van der Waals surface area (Å²) in [5, 5.41) is 5.73. The third kappa shape index (κ3) is 6.07. The molecule has 8 nitrogen and oxygen atoms in total. The van der Waals surface area contributed by atoms with E-state index < -0.39 is 6.09 Å². The van der Waals surface area contributed by atoms with Crippen LogP contribution in [-0.2, 0) is 16.0 Å². The summed E-state index contributed by atoms with van der Waals surface area (Å²) in [7, 11) is 0. The van der Waals surface area contributed by atoms with Gasteiger partial charge in [0, 0.05) is 30.3 Å². The largest absolute Gasteiger partial charge is 0.449 e. The minimum atomic E-state index is -0.501. The molecular formula is C20H32N4O4. The number of hydrogen-bond acceptors (Lipinski definition) is 5. The molecule has 2 amide bonds. The Morgan fingerprint density at radius 2 is 2.04 bits per heavy atom. The smallest absolute Gasteiger partial charge is 0.407 e. The van der Waals surface area contributed by atoms with Gasteiger partial charge in [0.1, 0.15) is 5.82 Å². The molecule has 3 N–H and O–H groups in total. The third-order valence-corrected chi connectivity index (χ3v) is 5.33. The Morgan fingerprint density at radius 1 is 1.32 bits per heavy atom. The molecular weight excluding hydrogens is 360 g/mol. The lowest BCUT2D eigenvalue weighted by Gasteiger charge is -2.46. The maximum absolute atomic E-state index is 12.1. The highest BCUT2D eigenvalue weighted by Gasteiger charge is 2.41. The topological polar surface area (TPSA) is 113 Å². The van der Waals surface area contributed by atoms with E-state index in [0.717, 1.165) is 25.7 Å². The van der Waals surface area contributed by atoms with E-state index in [4.69, 9.17) is 4.74 Å². The highest BCUT2D eigenvalue weighted by molar-refractivity contribution is 5.67. The van der Waals surface area contributed by atoms with Crippen LogP contribution in [0.25, 0.3) is 0 Å². The van der Waals surface area contributed by atoms with Gasteiger partial charge in [-0.05, 0) is 43.9 Å². The summed E-state index contributed by atoms with van der Waals surface area (Å²) in [6.07, 6.45) is 3.23. The van der Waals surface area contributed by atoms with E-state index in [0.29, 0.717) is 30.0 Å². The van der Waals surface area contributed by atoms with Gasteiger partial charge < -0.3 is 20.4 Å². The van der Waals surface area contributed by atoms with Gasteiger partial charge in [0.25, 0.3) is 5.56 Å². The Balaban J connectivity index is 1.85. The molecule has 1 aromatic heterocycles. The van der Waals surface area contributed by atoms with Crippen molar-refractivity contribution in [3.63, 3.8) is 0 Å². The predicted molar refractivity (Wildman–Crippen MR) is 106 cm³/mol. The van der Waals surface area contributed by atoms with Crippen LogP contribution in [0.15, 0.2) is 4.79 Å². The van der Waals surface area contributed by atoms with Crippen molar-refractivity contribution < 1.29 is 14.3 Å². The van der Waals surface area contributed by atoms with Crippen molar-refractivity contribution in [2.45, 2.75) is 66.3 Å². The fraction of sp³-hybridized carbons (Fsp3) is 0.700. The second-order valence-corrected chi connectivity index (χ2v) is 9.00. The number of H-pyrrole nitrogens is 1. The Labute approximate surface area is 165 Å². The second kappa shape index (κ2) is 8.75. The quantitative estimate of drug-likeness (QED) is 0.614. The van der Waals surface area contributed by atoms with Gasteiger partial charge in [0.15, 0.2) is 0 Å². The molecule has 1 heterocycles. The number of hydrogen-bond donors (Lipinski definition) is 3. The molecule has 0 aliphatic heterocycles. The summed E-state index contributed by atoms with van der Waals surface area (Å²) in [5.41, 5.74) is 0.935. The number of rotatable bonds is 7. The van der Waals surface area contributed by atoms with Crippen LogP contribution in [0.1, 0.15) is 57.1 Å². The lowest BCUT2D eigenvalue weighted by molar-refractivity contribution is -0.111. The van der Waals surface area contributed by atoms with Gasteiger partial charge >= 0.3 is 6.09 Å². The number of nitrogens with zero attached hydrogens (tertiary/aromatic N) is 1. The van der Waals surface area contributed by atoms with Gasteiger partial charge in [-0.15, -0.1) is 0 Å². The van der Waals surface area contributed by atoms with Crippen LogP contribution < -0.4 is 16.2 Å². The van der Waals surface area contributed by atoms with Gasteiger partial charge in [0.2, 0.25) is 6.41 Å². The van der Waals surface area contributed by atoms with Crippen LogP contribution in [0.2, 0.25) is 0 Å². The van der Waals surface area contributed by atoms with E-state index in [2.05, 4.69) is 41.4 Å². The second-order valence-electron chi connectivity index (χ2n) is 9.00. The van der Waals surface area contributed by atoms with Crippen molar-refractivity contribution in [2.75, 3.05) is 13.2 Å². The molecule has 2 unspecified atom stereocenters. The molecule has 2 rings (SSSR count). The molecule has 0 radical (unpaired) electrons. The number of ether oxygens (including phenoxy) is 1. The van der Waals surface area contributed by atoms with Crippen LogP contribution in [0.4, 0.5) is 4.79 Å². The maximum atomic E-state index is 12.1. The summed E-state index contributed by atoms with van der Waals surface area (Å²) >= 11 is 0. The SMILES string of the molecule is Cc1nc(C)c(CCOC(=O)NCC2(C)CC(NC=O)CC(C)(C)C2)c(=O)[nH]1. The summed E-state index contributed by atoms with van der Waals surface area (Å²) in [6.45, 7) is 10.6. The normalized spacial score (nSPS) is 23.7. The Hall–Kier alpha value is -2.38. The van der Waals surface area contributed by atoms with Crippen LogP contribution in [0.3, 0.4) is 0 Å². The third-order valence-electron chi connectivity index (χ3n) is 5.33. The van der Waals surface area contributed by atoms with Crippen LogP contribution in [0.5, 0.6) is 0 Å². The Kier molecular flexibility index (Phi) is 6.85. The zero-order valence-electron chi connectivity index (χ0n) is 17.5. The molecule has 1 saturated carbocycles. The number of alkyl carbamates (subject to hydrolysis) is 1. The van der Waals surface area contributed by atoms with E-state index in [-0.39, 0.29) is 29.0 Å². The molecule has 28 heavy (non-hydrogen) atoms. The molecule has 2 atom stereocenters. The zero-order chi connectivity index (χ0) is 20.9. The first-order valence-corrected chi connectivity index (χ1v) is 9.70. The molecule has 0 saturated heterocycles. The van der Waals surface area contributed by atoms with Crippen molar-refractivity contribution in [1.29, 1.82) is 0 Å². The number of aromatic amines is 1. The number of aryl methyl sites for hydroxylation is 2. The molecule has 1 aromatic rings. The van der Waals surface area contributed by atoms with Gasteiger partial charge in [0.05, 0.1) is 6.61 Å². The number of amides is 2. The molecule has 0 aromatic carbocycles. The first-order chi connectivity index (χ1) is 13.0. The monoisotopic (exact) mass is 392 g/mol. The number of carbonyl (C=O) groups is 2. The number of carbonyl (C=O) groups excluding carboxylic acids is 2. The molecule has 0 bridgehead atoms. The van der Waals surface area contributed by atoms with Gasteiger partial charge in [-0.2, -0.15) is 0 Å². The van der Waals surface area contributed by atoms with Crippen molar-refractivity contribution in [3.05, 3.63) is 27.4 Å². The van der Waals surface area contributed by atoms with Crippen molar-refractivity contribution >= 4 is 12.5 Å². The lowest BCUT2D eigenvalue weighted by atomic mass is 9.62. The maximum Gasteiger partial charge on any atom is 0.407 e. The van der Waals surface area contributed by atoms with E-state index in [1.165, 1.54) is 0 Å². The molecule has 1 fully saturated rings. The van der Waals surface area contributed by atoms with Crippen molar-refractivity contribution in [1.82, 2.24) is 20.6 Å². The molecule has 1 aliphatic rings. The van der Waals surface area contributed by atoms with Crippen LogP contribution >= 0.6 is 0 Å². The van der Waals surface area contributed by atoms with Crippen LogP contribution in [0, 0.1) is 24.7 Å². The first kappa shape index (κ1) is 21.9. The highest BCUT2D eigenvalue weighted by atomic mass is 16.5. The summed E-state index contributed by atoms with van der Waals surface area (Å²) in [6, 6.07) is 0.104. The van der Waals surface area contributed by atoms with Gasteiger partial charge in [-0.3, -0.25) is 9.59 Å². The predicted octanol–water partition coefficient (Wildman–Crippen LogP) is 1.99. The van der Waals surface area contributed by atoms with Gasteiger partial charge in [-0.1, -0.05) is 20.8 Å². The molecule has 0 spiro atoms. The van der Waals surface area contributed by atoms with Gasteiger partial charge in [-0.25, -0.2) is 9.78 Å². The standard InChI is InChI=1S/C20H32N4O4/c1-13-16(17(26)24-14(2)23-13)6-7-28-18(27)21-11-20(5)9-15(22-12-25)8-19(3,4)10-20/h12,15H,6-11H2,1-5H3,(H,21,27)(H,22,25)(H,23,24,26). The number of aromatic nitrogens is 2. The van der Waals surface area contributed by atoms with E-state index in [1.54, 1.807) is 13.8 Å². The van der Waals surface area contributed by atoms with Crippen molar-refractivity contribution in [3.8, 4) is 0 Å². The lowest BCUT2D eigenvalue weighted by Crippen LogP contribution is -2.49. The summed E-state index contributed by atoms with van der Waals surface area (Å²) in [5.74, 6) is 0.566. The number of nitrogens with one attached hydrogen (secondary N) is 3. The highest BCUT2D eigenvalue weighted by Crippen LogP contribution is 2.45. The summed E-state index contributed by atoms with van der Waals surface area (Å²) < 4.78 is 5.25. The Bertz CT molecular complexity index is 774. The van der Waals surface area contributed by atoms with E-state index in [1.807, 2.05) is 0 Å². The van der Waals surface area contributed by atoms with E-state index >= 15 is 0 Å². The molecule has 1 aliphatic carbocycles. The summed E-state index contributed by atoms with van der Waals surface area (Å²) in [4.78, 5) is 41.8.